The topological polar surface area (TPSA) is 103 Å². The van der Waals surface area contributed by atoms with Gasteiger partial charge in [-0.25, -0.2) is 14.4 Å². The number of H-pyrrole nitrogens is 1. The maximum absolute atomic E-state index is 13.1. The van der Waals surface area contributed by atoms with Gasteiger partial charge in [0.25, 0.3) is 0 Å². The lowest BCUT2D eigenvalue weighted by Gasteiger charge is -2.11. The van der Waals surface area contributed by atoms with Crippen LogP contribution in [0.5, 0.6) is 0 Å². The van der Waals surface area contributed by atoms with Gasteiger partial charge in [-0.05, 0) is 25.1 Å². The Morgan fingerprint density at radius 3 is 2.64 bits per heavy atom. The van der Waals surface area contributed by atoms with Gasteiger partial charge in [-0.2, -0.15) is 18.4 Å². The molecule has 146 valence electrons. The van der Waals surface area contributed by atoms with Crippen LogP contribution in [0.1, 0.15) is 17.5 Å². The van der Waals surface area contributed by atoms with Gasteiger partial charge in [0.15, 0.2) is 0 Å². The molecule has 1 aromatic carbocycles. The van der Waals surface area contributed by atoms with Crippen molar-refractivity contribution in [1.82, 2.24) is 20.3 Å². The highest BCUT2D eigenvalue weighted by molar-refractivity contribution is 5.96. The third-order valence-corrected chi connectivity index (χ3v) is 4.18. The van der Waals surface area contributed by atoms with Crippen molar-refractivity contribution in [2.45, 2.75) is 18.8 Å². The number of halogens is 4. The summed E-state index contributed by atoms with van der Waals surface area (Å²) < 4.78 is 51.2. The normalized spacial score (nSPS) is 16.5. The molecule has 3 aromatic rings. The van der Waals surface area contributed by atoms with Gasteiger partial charge in [-0.3, -0.25) is 0 Å². The van der Waals surface area contributed by atoms with Crippen LogP contribution in [0.15, 0.2) is 30.6 Å². The van der Waals surface area contributed by atoms with Crippen molar-refractivity contribution in [3.8, 4) is 17.3 Å². The molecule has 10 heteroatoms. The van der Waals surface area contributed by atoms with E-state index in [0.717, 1.165) is 6.54 Å². The second-order valence-electron chi connectivity index (χ2n) is 6.15. The maximum atomic E-state index is 13.1. The number of nitrogens with two attached hydrogens (primary N) is 1. The number of alkyl halides is 4. The molecule has 0 amide bonds. The summed E-state index contributed by atoms with van der Waals surface area (Å²) in [4.78, 5) is 9.99. The van der Waals surface area contributed by atoms with Crippen molar-refractivity contribution in [3.63, 3.8) is 0 Å². The molecular weight excluding hydrogens is 376 g/mol. The zero-order chi connectivity index (χ0) is 20.3. The van der Waals surface area contributed by atoms with Crippen LogP contribution in [0.3, 0.4) is 0 Å². The van der Waals surface area contributed by atoms with E-state index >= 15 is 0 Å². The average Bonchev–Trinajstić information content (AvgIpc) is 3.29. The standard InChI is InChI=1S/C14H8F3N5.C4H8FN/c15-14(16,17)10-6-21-13(19)22-12(10)9-5-20-11-3-7(4-18)1-2-8(9)11;5-4-1-2-6-3-4/h1-3,5-6,20H,(H2,19,21,22);4,6H,1-3H2. The van der Waals surface area contributed by atoms with Crippen LogP contribution >= 0.6 is 0 Å². The first-order valence-electron chi connectivity index (χ1n) is 8.35. The molecule has 6 nitrogen and oxygen atoms in total. The summed E-state index contributed by atoms with van der Waals surface area (Å²) in [6.45, 7) is 1.43. The van der Waals surface area contributed by atoms with Crippen molar-refractivity contribution >= 4 is 16.9 Å². The smallest absolute Gasteiger partial charge is 0.368 e. The molecule has 0 bridgehead atoms. The highest BCUT2D eigenvalue weighted by atomic mass is 19.4. The summed E-state index contributed by atoms with van der Waals surface area (Å²) in [5.74, 6) is -0.244. The SMILES string of the molecule is FC1CCNC1.N#Cc1ccc2c(-c3nc(N)ncc3C(F)(F)F)c[nH]c2c1. The molecule has 1 aliphatic rings. The Morgan fingerprint density at radius 2 is 2.07 bits per heavy atom. The number of aromatic amines is 1. The fourth-order valence-corrected chi connectivity index (χ4v) is 2.82. The van der Waals surface area contributed by atoms with Gasteiger partial charge in [-0.1, -0.05) is 6.07 Å². The third kappa shape index (κ3) is 4.20. The van der Waals surface area contributed by atoms with Crippen molar-refractivity contribution in [3.05, 3.63) is 41.7 Å². The number of hydrogen-bond acceptors (Lipinski definition) is 5. The zero-order valence-corrected chi connectivity index (χ0v) is 14.5. The number of anilines is 1. The Kier molecular flexibility index (Phi) is 5.46. The van der Waals surface area contributed by atoms with Crippen LogP contribution < -0.4 is 11.1 Å². The Bertz CT molecular complexity index is 1020. The minimum Gasteiger partial charge on any atom is -0.368 e. The highest BCUT2D eigenvalue weighted by Gasteiger charge is 2.35. The van der Waals surface area contributed by atoms with Crippen molar-refractivity contribution in [2.75, 3.05) is 18.8 Å². The number of benzene rings is 1. The first-order chi connectivity index (χ1) is 13.3. The monoisotopic (exact) mass is 392 g/mol. The Labute approximate surface area is 157 Å². The van der Waals surface area contributed by atoms with Gasteiger partial charge in [-0.15, -0.1) is 0 Å². The van der Waals surface area contributed by atoms with Crippen molar-refractivity contribution < 1.29 is 17.6 Å². The average molecular weight is 392 g/mol. The number of nitriles is 1. The van der Waals surface area contributed by atoms with Crippen molar-refractivity contribution in [2.24, 2.45) is 0 Å². The van der Waals surface area contributed by atoms with E-state index in [2.05, 4.69) is 20.3 Å². The van der Waals surface area contributed by atoms with E-state index < -0.39 is 17.9 Å². The second-order valence-corrected chi connectivity index (χ2v) is 6.15. The quantitative estimate of drug-likeness (QED) is 0.551. The fraction of sp³-hybridized carbons (Fsp3) is 0.278. The zero-order valence-electron chi connectivity index (χ0n) is 14.5. The molecule has 28 heavy (non-hydrogen) atoms. The lowest BCUT2D eigenvalue weighted by molar-refractivity contribution is -0.137. The molecule has 1 unspecified atom stereocenters. The number of hydrogen-bond donors (Lipinski definition) is 3. The number of nitrogens with one attached hydrogen (secondary N) is 2. The number of rotatable bonds is 1. The van der Waals surface area contributed by atoms with Gasteiger partial charge in [0.2, 0.25) is 5.95 Å². The molecule has 0 aliphatic carbocycles. The van der Waals surface area contributed by atoms with Crippen LogP contribution in [-0.4, -0.2) is 34.2 Å². The van der Waals surface area contributed by atoms with Gasteiger partial charge >= 0.3 is 6.18 Å². The van der Waals surface area contributed by atoms with Crippen molar-refractivity contribution in [1.29, 1.82) is 5.26 Å². The van der Waals surface area contributed by atoms with E-state index in [0.29, 0.717) is 35.6 Å². The minimum absolute atomic E-state index is 0.244. The molecule has 1 aliphatic heterocycles. The Balaban J connectivity index is 0.000000320. The van der Waals surface area contributed by atoms with E-state index in [-0.39, 0.29) is 17.2 Å². The predicted molar refractivity (Wildman–Crippen MR) is 95.8 cm³/mol. The fourth-order valence-electron chi connectivity index (χ4n) is 2.82. The van der Waals surface area contributed by atoms with E-state index in [1.54, 1.807) is 12.1 Å². The maximum Gasteiger partial charge on any atom is 0.419 e. The summed E-state index contributed by atoms with van der Waals surface area (Å²) >= 11 is 0. The molecule has 0 saturated carbocycles. The largest absolute Gasteiger partial charge is 0.419 e. The lowest BCUT2D eigenvalue weighted by atomic mass is 10.0. The molecule has 4 N–H and O–H groups in total. The van der Waals surface area contributed by atoms with Crippen LogP contribution in [-0.2, 0) is 6.18 Å². The minimum atomic E-state index is -4.60. The predicted octanol–water partition coefficient (Wildman–Crippen LogP) is 3.42. The molecule has 4 rings (SSSR count). The van der Waals surface area contributed by atoms with Gasteiger partial charge in [0.05, 0.1) is 17.3 Å². The summed E-state index contributed by atoms with van der Waals surface area (Å²) in [7, 11) is 0. The molecule has 0 radical (unpaired) electrons. The van der Waals surface area contributed by atoms with Crippen LogP contribution in [0.25, 0.3) is 22.2 Å². The van der Waals surface area contributed by atoms with Crippen LogP contribution in [0.2, 0.25) is 0 Å². The first kappa shape index (κ1) is 19.6. The van der Waals surface area contributed by atoms with Gasteiger partial charge in [0, 0.05) is 35.4 Å². The number of fused-ring (bicyclic) bond motifs is 1. The van der Waals surface area contributed by atoms with E-state index in [1.165, 1.54) is 12.3 Å². The molecule has 1 atom stereocenters. The summed E-state index contributed by atoms with van der Waals surface area (Å²) in [5, 5.41) is 12.3. The molecule has 0 spiro atoms. The van der Waals surface area contributed by atoms with Gasteiger partial charge < -0.3 is 16.0 Å². The second kappa shape index (κ2) is 7.82. The molecule has 1 saturated heterocycles. The summed E-state index contributed by atoms with van der Waals surface area (Å²) in [5.41, 5.74) is 5.36. The number of nitrogens with zero attached hydrogens (tertiary/aromatic N) is 3. The van der Waals surface area contributed by atoms with E-state index in [4.69, 9.17) is 11.0 Å². The lowest BCUT2D eigenvalue weighted by Crippen LogP contribution is -2.10. The van der Waals surface area contributed by atoms with E-state index in [1.807, 2.05) is 6.07 Å². The molecular formula is C18H16F4N6. The number of aromatic nitrogens is 3. The Hall–Kier alpha value is -3.19. The third-order valence-electron chi connectivity index (χ3n) is 4.18. The summed E-state index contributed by atoms with van der Waals surface area (Å²) in [6, 6.07) is 6.61. The number of nitrogen functional groups attached to an aromatic ring is 1. The summed E-state index contributed by atoms with van der Waals surface area (Å²) in [6.07, 6.45) is -2.38. The molecule has 2 aromatic heterocycles. The first-order valence-corrected chi connectivity index (χ1v) is 8.35. The molecule has 3 heterocycles. The Morgan fingerprint density at radius 1 is 1.29 bits per heavy atom. The van der Waals surface area contributed by atoms with Gasteiger partial charge in [0.1, 0.15) is 11.7 Å². The van der Waals surface area contributed by atoms with Crippen LogP contribution in [0, 0.1) is 11.3 Å². The molecule has 1 fully saturated rings. The van der Waals surface area contributed by atoms with E-state index in [9.17, 15) is 17.6 Å². The highest BCUT2D eigenvalue weighted by Crippen LogP contribution is 2.38. The van der Waals surface area contributed by atoms with Crippen LogP contribution in [0.4, 0.5) is 23.5 Å².